The van der Waals surface area contributed by atoms with Gasteiger partial charge in [-0.25, -0.2) is 9.59 Å². The highest BCUT2D eigenvalue weighted by Crippen LogP contribution is 2.03. The molecule has 0 radical (unpaired) electrons. The van der Waals surface area contributed by atoms with Crippen LogP contribution in [0.3, 0.4) is 0 Å². The summed E-state index contributed by atoms with van der Waals surface area (Å²) in [6, 6.07) is 9.08. The zero-order valence-electron chi connectivity index (χ0n) is 11.1. The number of aliphatic hydroxyl groups excluding tert-OH is 1. The maximum absolute atomic E-state index is 11.4. The molecular formula is C15H14O6. The molecule has 0 fully saturated rings. The normalized spacial score (nSPS) is 11.7. The lowest BCUT2D eigenvalue weighted by atomic mass is 10.2. The number of carbonyl (C=O) groups excluding carboxylic acids is 3. The molecule has 1 aromatic carbocycles. The second-order valence-electron chi connectivity index (χ2n) is 3.87. The van der Waals surface area contributed by atoms with Crippen molar-refractivity contribution >= 4 is 24.0 Å². The molecule has 6 nitrogen and oxygen atoms in total. The number of hydrogen-bond donors (Lipinski definition) is 1. The first-order chi connectivity index (χ1) is 10.0. The van der Waals surface area contributed by atoms with Crippen LogP contribution in [0.2, 0.25) is 0 Å². The van der Waals surface area contributed by atoms with E-state index in [-0.39, 0.29) is 0 Å². The first-order valence-corrected chi connectivity index (χ1v) is 6.00. The Morgan fingerprint density at radius 1 is 1.24 bits per heavy atom. The average Bonchev–Trinajstić information content (AvgIpc) is 2.48. The summed E-state index contributed by atoms with van der Waals surface area (Å²) in [5.41, 5.74) is 0.821. The summed E-state index contributed by atoms with van der Waals surface area (Å²) >= 11 is 0. The second-order valence-corrected chi connectivity index (χ2v) is 3.87. The van der Waals surface area contributed by atoms with E-state index in [2.05, 4.69) is 11.3 Å². The smallest absolute Gasteiger partial charge is 0.343 e. The fraction of sp³-hybridized carbons (Fsp3) is 0.133. The number of benzene rings is 1. The van der Waals surface area contributed by atoms with Gasteiger partial charge in [0.15, 0.2) is 6.10 Å². The molecule has 0 aliphatic carbocycles. The van der Waals surface area contributed by atoms with E-state index in [1.807, 2.05) is 18.2 Å². The number of aliphatic hydroxyl groups is 1. The van der Waals surface area contributed by atoms with Crippen molar-refractivity contribution in [3.05, 3.63) is 54.8 Å². The van der Waals surface area contributed by atoms with Gasteiger partial charge in [-0.05, 0) is 11.6 Å². The lowest BCUT2D eigenvalue weighted by Gasteiger charge is -2.06. The van der Waals surface area contributed by atoms with Gasteiger partial charge in [0.05, 0.1) is 12.7 Å². The molecule has 1 atom stereocenters. The van der Waals surface area contributed by atoms with Crippen molar-refractivity contribution in [3.8, 4) is 0 Å². The first kappa shape index (κ1) is 16.3. The van der Waals surface area contributed by atoms with Gasteiger partial charge in [0.1, 0.15) is 0 Å². The maximum atomic E-state index is 11.4. The highest BCUT2D eigenvalue weighted by Gasteiger charge is 2.22. The quantitative estimate of drug-likeness (QED) is 0.366. The van der Waals surface area contributed by atoms with E-state index in [0.29, 0.717) is 0 Å². The molecule has 0 saturated carbocycles. The van der Waals surface area contributed by atoms with Crippen LogP contribution in [0, 0.1) is 0 Å². The summed E-state index contributed by atoms with van der Waals surface area (Å²) in [6.07, 6.45) is 1.06. The molecule has 1 rings (SSSR count). The molecule has 0 spiro atoms. The Bertz CT molecular complexity index is 547. The summed E-state index contributed by atoms with van der Waals surface area (Å²) < 4.78 is 8.87. The zero-order valence-corrected chi connectivity index (χ0v) is 11.1. The van der Waals surface area contributed by atoms with Crippen LogP contribution >= 0.6 is 0 Å². The molecule has 1 N–H and O–H groups in total. The molecule has 0 amide bonds. The molecule has 6 heteroatoms. The first-order valence-electron chi connectivity index (χ1n) is 6.00. The molecule has 0 heterocycles. The number of carbonyl (C=O) groups is 3. The van der Waals surface area contributed by atoms with Crippen molar-refractivity contribution in [3.63, 3.8) is 0 Å². The van der Waals surface area contributed by atoms with Gasteiger partial charge in [-0.15, -0.1) is 0 Å². The van der Waals surface area contributed by atoms with Gasteiger partial charge in [-0.3, -0.25) is 4.79 Å². The van der Waals surface area contributed by atoms with Crippen LogP contribution in [0.25, 0.3) is 6.08 Å². The van der Waals surface area contributed by atoms with E-state index >= 15 is 0 Å². The topological polar surface area (TPSA) is 89.9 Å². The van der Waals surface area contributed by atoms with Crippen molar-refractivity contribution in [1.82, 2.24) is 0 Å². The SMILES string of the molecule is C=CC(=O)OC(=O)C(O)CC(=O)OC=Cc1ccccc1. The third-order valence-corrected chi connectivity index (χ3v) is 2.26. The minimum atomic E-state index is -1.77. The summed E-state index contributed by atoms with van der Waals surface area (Å²) in [6.45, 7) is 3.09. The average molecular weight is 290 g/mol. The maximum Gasteiger partial charge on any atom is 0.343 e. The number of rotatable bonds is 6. The van der Waals surface area contributed by atoms with Crippen molar-refractivity contribution in [2.75, 3.05) is 0 Å². The lowest BCUT2D eigenvalue weighted by molar-refractivity contribution is -0.165. The Labute approximate surface area is 121 Å². The summed E-state index contributed by atoms with van der Waals surface area (Å²) in [5.74, 6) is -3.07. The highest BCUT2D eigenvalue weighted by atomic mass is 16.6. The molecular weight excluding hydrogens is 276 g/mol. The minimum absolute atomic E-state index is 0.623. The van der Waals surface area contributed by atoms with Crippen LogP contribution in [0.4, 0.5) is 0 Å². The Morgan fingerprint density at radius 3 is 2.52 bits per heavy atom. The van der Waals surface area contributed by atoms with E-state index in [4.69, 9.17) is 4.74 Å². The van der Waals surface area contributed by atoms with Crippen molar-refractivity contribution < 1.29 is 29.0 Å². The Morgan fingerprint density at radius 2 is 1.90 bits per heavy atom. The molecule has 110 valence electrons. The van der Waals surface area contributed by atoms with Gasteiger partial charge >= 0.3 is 17.9 Å². The Balaban J connectivity index is 2.39. The number of esters is 3. The van der Waals surface area contributed by atoms with Gasteiger partial charge in [0.25, 0.3) is 0 Å². The van der Waals surface area contributed by atoms with Crippen molar-refractivity contribution in [1.29, 1.82) is 0 Å². The van der Waals surface area contributed by atoms with Crippen LogP contribution in [0.5, 0.6) is 0 Å². The lowest BCUT2D eigenvalue weighted by Crippen LogP contribution is -2.27. The number of ether oxygens (including phenoxy) is 2. The molecule has 0 saturated heterocycles. The van der Waals surface area contributed by atoms with Crippen molar-refractivity contribution in [2.24, 2.45) is 0 Å². The van der Waals surface area contributed by atoms with Crippen LogP contribution in [-0.2, 0) is 23.9 Å². The Kier molecular flexibility index (Phi) is 6.56. The molecule has 0 aliphatic heterocycles. The van der Waals surface area contributed by atoms with E-state index in [1.54, 1.807) is 18.2 Å². The van der Waals surface area contributed by atoms with Crippen molar-refractivity contribution in [2.45, 2.75) is 12.5 Å². The highest BCUT2D eigenvalue weighted by molar-refractivity contribution is 5.94. The zero-order chi connectivity index (χ0) is 15.7. The van der Waals surface area contributed by atoms with Crippen LogP contribution in [0.15, 0.2) is 49.2 Å². The molecule has 0 aliphatic rings. The van der Waals surface area contributed by atoms with Gasteiger partial charge in [-0.2, -0.15) is 0 Å². The van der Waals surface area contributed by atoms with Crippen LogP contribution < -0.4 is 0 Å². The number of hydrogen-bond acceptors (Lipinski definition) is 6. The molecule has 0 bridgehead atoms. The summed E-state index contributed by atoms with van der Waals surface area (Å²) in [7, 11) is 0. The van der Waals surface area contributed by atoms with E-state index in [1.165, 1.54) is 0 Å². The standard InChI is InChI=1S/C15H14O6/c1-2-13(17)21-15(19)12(16)10-14(18)20-9-8-11-6-4-3-5-7-11/h2-9,12,16H,1,10H2. The molecule has 1 unspecified atom stereocenters. The van der Waals surface area contributed by atoms with Gasteiger partial charge in [0, 0.05) is 6.08 Å². The van der Waals surface area contributed by atoms with Crippen LogP contribution in [0.1, 0.15) is 12.0 Å². The third kappa shape index (κ3) is 6.31. The Hall–Kier alpha value is -2.73. The fourth-order valence-corrected chi connectivity index (χ4v) is 1.25. The molecule has 21 heavy (non-hydrogen) atoms. The van der Waals surface area contributed by atoms with Gasteiger partial charge in [-0.1, -0.05) is 36.9 Å². The molecule has 1 aromatic rings. The predicted molar refractivity (Wildman–Crippen MR) is 73.5 cm³/mol. The fourth-order valence-electron chi connectivity index (χ4n) is 1.25. The predicted octanol–water partition coefficient (Wildman–Crippen LogP) is 1.21. The van der Waals surface area contributed by atoms with E-state index in [0.717, 1.165) is 17.9 Å². The monoisotopic (exact) mass is 290 g/mol. The molecule has 0 aromatic heterocycles. The van der Waals surface area contributed by atoms with E-state index in [9.17, 15) is 19.5 Å². The second kappa shape index (κ2) is 8.44. The van der Waals surface area contributed by atoms with Gasteiger partial charge in [0.2, 0.25) is 0 Å². The van der Waals surface area contributed by atoms with Gasteiger partial charge < -0.3 is 14.6 Å². The third-order valence-electron chi connectivity index (χ3n) is 2.26. The summed E-state index contributed by atoms with van der Waals surface area (Å²) in [5, 5.41) is 9.36. The largest absolute Gasteiger partial charge is 0.434 e. The van der Waals surface area contributed by atoms with Crippen LogP contribution in [-0.4, -0.2) is 29.1 Å². The van der Waals surface area contributed by atoms with E-state index < -0.39 is 30.4 Å². The minimum Gasteiger partial charge on any atom is -0.434 e. The summed E-state index contributed by atoms with van der Waals surface area (Å²) in [4.78, 5) is 33.3.